The topological polar surface area (TPSA) is 71.1 Å². The van der Waals surface area contributed by atoms with Gasteiger partial charge in [0, 0.05) is 23.4 Å². The van der Waals surface area contributed by atoms with Gasteiger partial charge in [0.1, 0.15) is 0 Å². The maximum Gasteiger partial charge on any atom is 0.257 e. The Balaban J connectivity index is 2.16. The highest BCUT2D eigenvalue weighted by Gasteiger charge is 2.12. The SMILES string of the molecule is C=CCNC(=O)c1cncc(C(=O)Nc2ccc(C)cc2Br)c1. The van der Waals surface area contributed by atoms with Crippen molar-refractivity contribution in [3.05, 3.63) is 70.5 Å². The fourth-order valence-corrected chi connectivity index (χ4v) is 2.46. The Labute approximate surface area is 142 Å². The van der Waals surface area contributed by atoms with Crippen LogP contribution in [0.2, 0.25) is 0 Å². The second-order valence-corrected chi connectivity index (χ2v) is 5.75. The summed E-state index contributed by atoms with van der Waals surface area (Å²) in [6, 6.07) is 7.12. The van der Waals surface area contributed by atoms with Gasteiger partial charge in [-0.05, 0) is 46.6 Å². The van der Waals surface area contributed by atoms with Gasteiger partial charge in [-0.3, -0.25) is 14.6 Å². The van der Waals surface area contributed by atoms with Gasteiger partial charge in [0.25, 0.3) is 11.8 Å². The third-order valence-electron chi connectivity index (χ3n) is 3.04. The van der Waals surface area contributed by atoms with Gasteiger partial charge in [0.15, 0.2) is 0 Å². The highest BCUT2D eigenvalue weighted by atomic mass is 79.9. The highest BCUT2D eigenvalue weighted by molar-refractivity contribution is 9.10. The van der Waals surface area contributed by atoms with Crippen LogP contribution in [0.1, 0.15) is 26.3 Å². The molecule has 0 aliphatic rings. The Hall–Kier alpha value is -2.47. The second-order valence-electron chi connectivity index (χ2n) is 4.90. The first-order valence-corrected chi connectivity index (χ1v) is 7.72. The first kappa shape index (κ1) is 16.9. The molecular weight excluding hydrogens is 358 g/mol. The molecule has 0 aliphatic carbocycles. The summed E-state index contributed by atoms with van der Waals surface area (Å²) in [5.41, 5.74) is 2.37. The third kappa shape index (κ3) is 4.50. The summed E-state index contributed by atoms with van der Waals surface area (Å²) < 4.78 is 0.790. The van der Waals surface area contributed by atoms with Crippen molar-refractivity contribution >= 4 is 33.4 Å². The van der Waals surface area contributed by atoms with E-state index in [0.29, 0.717) is 23.4 Å². The Morgan fingerprint density at radius 1 is 1.22 bits per heavy atom. The van der Waals surface area contributed by atoms with Gasteiger partial charge in [-0.15, -0.1) is 6.58 Å². The van der Waals surface area contributed by atoms with Crippen molar-refractivity contribution in [2.24, 2.45) is 0 Å². The Morgan fingerprint density at radius 3 is 2.57 bits per heavy atom. The molecule has 6 heteroatoms. The van der Waals surface area contributed by atoms with Crippen molar-refractivity contribution in [2.45, 2.75) is 6.92 Å². The number of carbonyl (C=O) groups excluding carboxylic acids is 2. The van der Waals surface area contributed by atoms with Crippen LogP contribution in [0.25, 0.3) is 0 Å². The van der Waals surface area contributed by atoms with E-state index in [1.165, 1.54) is 18.5 Å². The van der Waals surface area contributed by atoms with E-state index in [2.05, 4.69) is 38.1 Å². The van der Waals surface area contributed by atoms with Crippen LogP contribution in [0.5, 0.6) is 0 Å². The third-order valence-corrected chi connectivity index (χ3v) is 3.70. The minimum Gasteiger partial charge on any atom is -0.349 e. The molecule has 0 atom stereocenters. The highest BCUT2D eigenvalue weighted by Crippen LogP contribution is 2.23. The zero-order chi connectivity index (χ0) is 16.8. The summed E-state index contributed by atoms with van der Waals surface area (Å²) in [5.74, 6) is -0.635. The number of aromatic nitrogens is 1. The van der Waals surface area contributed by atoms with E-state index in [9.17, 15) is 9.59 Å². The average molecular weight is 374 g/mol. The Kier molecular flexibility index (Phi) is 5.65. The van der Waals surface area contributed by atoms with Crippen LogP contribution in [-0.4, -0.2) is 23.3 Å². The fourth-order valence-electron chi connectivity index (χ4n) is 1.87. The van der Waals surface area contributed by atoms with Gasteiger partial charge in [0.2, 0.25) is 0 Å². The molecule has 2 N–H and O–H groups in total. The molecule has 0 radical (unpaired) electrons. The van der Waals surface area contributed by atoms with Crippen LogP contribution in [0.3, 0.4) is 0 Å². The number of aryl methyl sites for hydroxylation is 1. The van der Waals surface area contributed by atoms with Crippen molar-refractivity contribution in [2.75, 3.05) is 11.9 Å². The summed E-state index contributed by atoms with van der Waals surface area (Å²) in [6.07, 6.45) is 4.41. The van der Waals surface area contributed by atoms with Gasteiger partial charge in [-0.1, -0.05) is 12.1 Å². The maximum absolute atomic E-state index is 12.3. The van der Waals surface area contributed by atoms with Crippen LogP contribution in [0, 0.1) is 6.92 Å². The standard InChI is InChI=1S/C17H16BrN3O2/c1-3-6-20-16(22)12-8-13(10-19-9-12)17(23)21-15-5-4-11(2)7-14(15)18/h3-5,7-10H,1,6H2,2H3,(H,20,22)(H,21,23). The second kappa shape index (κ2) is 7.69. The maximum atomic E-state index is 12.3. The lowest BCUT2D eigenvalue weighted by molar-refractivity contribution is 0.0957. The van der Waals surface area contributed by atoms with Crippen molar-refractivity contribution in [1.29, 1.82) is 0 Å². The summed E-state index contributed by atoms with van der Waals surface area (Å²) in [6.45, 7) is 5.85. The van der Waals surface area contributed by atoms with Crippen LogP contribution in [0.4, 0.5) is 5.69 Å². The molecule has 0 spiro atoms. The number of anilines is 1. The molecule has 0 unspecified atom stereocenters. The number of halogens is 1. The Morgan fingerprint density at radius 2 is 1.91 bits per heavy atom. The lowest BCUT2D eigenvalue weighted by Crippen LogP contribution is -2.24. The summed E-state index contributed by atoms with van der Waals surface area (Å²) in [4.78, 5) is 28.2. The molecular formula is C17H16BrN3O2. The first-order chi connectivity index (χ1) is 11.0. The van der Waals surface area contributed by atoms with Crippen molar-refractivity contribution in [3.8, 4) is 0 Å². The van der Waals surface area contributed by atoms with E-state index >= 15 is 0 Å². The molecule has 118 valence electrons. The number of amides is 2. The Bertz CT molecular complexity index is 759. The van der Waals surface area contributed by atoms with Crippen molar-refractivity contribution < 1.29 is 9.59 Å². The van der Waals surface area contributed by atoms with Gasteiger partial charge >= 0.3 is 0 Å². The summed E-state index contributed by atoms with van der Waals surface area (Å²) in [5, 5.41) is 5.43. The molecule has 2 amide bonds. The summed E-state index contributed by atoms with van der Waals surface area (Å²) >= 11 is 3.41. The molecule has 0 fully saturated rings. The van der Waals surface area contributed by atoms with E-state index in [1.54, 1.807) is 6.08 Å². The molecule has 0 saturated carbocycles. The minimum absolute atomic E-state index is 0.302. The van der Waals surface area contributed by atoms with Crippen LogP contribution in [0.15, 0.2) is 53.8 Å². The van der Waals surface area contributed by atoms with E-state index in [-0.39, 0.29) is 11.8 Å². The summed E-state index contributed by atoms with van der Waals surface area (Å²) in [7, 11) is 0. The molecule has 1 heterocycles. The van der Waals surface area contributed by atoms with E-state index in [1.807, 2.05) is 25.1 Å². The normalized spacial score (nSPS) is 10.0. The molecule has 1 aromatic carbocycles. The number of benzene rings is 1. The van der Waals surface area contributed by atoms with E-state index < -0.39 is 0 Å². The number of rotatable bonds is 5. The molecule has 23 heavy (non-hydrogen) atoms. The van der Waals surface area contributed by atoms with Crippen LogP contribution >= 0.6 is 15.9 Å². The predicted octanol–water partition coefficient (Wildman–Crippen LogP) is 3.32. The number of hydrogen-bond acceptors (Lipinski definition) is 3. The monoisotopic (exact) mass is 373 g/mol. The van der Waals surface area contributed by atoms with Gasteiger partial charge in [-0.25, -0.2) is 0 Å². The molecule has 0 aliphatic heterocycles. The number of hydrogen-bond donors (Lipinski definition) is 2. The average Bonchev–Trinajstić information content (AvgIpc) is 2.55. The smallest absolute Gasteiger partial charge is 0.257 e. The lowest BCUT2D eigenvalue weighted by Gasteiger charge is -2.09. The number of pyridine rings is 1. The van der Waals surface area contributed by atoms with Gasteiger partial charge < -0.3 is 10.6 Å². The lowest BCUT2D eigenvalue weighted by atomic mass is 10.1. The first-order valence-electron chi connectivity index (χ1n) is 6.93. The number of nitrogens with zero attached hydrogens (tertiary/aromatic N) is 1. The van der Waals surface area contributed by atoms with Crippen molar-refractivity contribution in [1.82, 2.24) is 10.3 Å². The molecule has 2 aromatic rings. The van der Waals surface area contributed by atoms with E-state index in [4.69, 9.17) is 0 Å². The van der Waals surface area contributed by atoms with Crippen LogP contribution in [-0.2, 0) is 0 Å². The molecule has 2 rings (SSSR count). The van der Waals surface area contributed by atoms with Gasteiger partial charge in [0.05, 0.1) is 16.8 Å². The zero-order valence-corrected chi connectivity index (χ0v) is 14.2. The van der Waals surface area contributed by atoms with Crippen LogP contribution < -0.4 is 10.6 Å². The largest absolute Gasteiger partial charge is 0.349 e. The van der Waals surface area contributed by atoms with Gasteiger partial charge in [-0.2, -0.15) is 0 Å². The van der Waals surface area contributed by atoms with E-state index in [0.717, 1.165) is 10.0 Å². The predicted molar refractivity (Wildman–Crippen MR) is 93.6 cm³/mol. The molecule has 0 saturated heterocycles. The quantitative estimate of drug-likeness (QED) is 0.789. The number of nitrogens with one attached hydrogen (secondary N) is 2. The number of carbonyl (C=O) groups is 2. The molecule has 5 nitrogen and oxygen atoms in total. The fraction of sp³-hybridized carbons (Fsp3) is 0.118. The molecule has 1 aromatic heterocycles. The minimum atomic E-state index is -0.333. The zero-order valence-electron chi connectivity index (χ0n) is 12.6. The molecule has 0 bridgehead atoms. The van der Waals surface area contributed by atoms with Crippen molar-refractivity contribution in [3.63, 3.8) is 0 Å².